The van der Waals surface area contributed by atoms with Gasteiger partial charge in [0.05, 0.1) is 24.6 Å². The molecule has 144 valence electrons. The molecular weight excluding hydrogens is 338 g/mol. The Morgan fingerprint density at radius 1 is 1.26 bits per heavy atom. The third-order valence-corrected chi connectivity index (χ3v) is 6.46. The van der Waals surface area contributed by atoms with Crippen LogP contribution in [-0.2, 0) is 4.79 Å². The Labute approximate surface area is 161 Å². The van der Waals surface area contributed by atoms with E-state index in [9.17, 15) is 10.1 Å². The van der Waals surface area contributed by atoms with Crippen molar-refractivity contribution in [2.45, 2.75) is 49.2 Å². The van der Waals surface area contributed by atoms with Crippen molar-refractivity contribution in [2.75, 3.05) is 32.7 Å². The van der Waals surface area contributed by atoms with Crippen LogP contribution < -0.4 is 11.1 Å². The highest BCUT2D eigenvalue weighted by Gasteiger charge is 2.48. The minimum Gasteiger partial charge on any atom is -0.369 e. The summed E-state index contributed by atoms with van der Waals surface area (Å²) in [5, 5.41) is 13.1. The van der Waals surface area contributed by atoms with Crippen LogP contribution in [-0.4, -0.2) is 66.1 Å². The van der Waals surface area contributed by atoms with Crippen LogP contribution in [0.4, 0.5) is 0 Å². The van der Waals surface area contributed by atoms with Gasteiger partial charge in [-0.3, -0.25) is 14.6 Å². The highest BCUT2D eigenvalue weighted by molar-refractivity contribution is 5.76. The summed E-state index contributed by atoms with van der Waals surface area (Å²) in [6.07, 6.45) is 4.02. The third kappa shape index (κ3) is 4.01. The monoisotopic (exact) mass is 367 g/mol. The van der Waals surface area contributed by atoms with E-state index >= 15 is 0 Å². The Morgan fingerprint density at radius 2 is 1.96 bits per heavy atom. The van der Waals surface area contributed by atoms with E-state index < -0.39 is 0 Å². The molecule has 0 aromatic heterocycles. The van der Waals surface area contributed by atoms with Crippen LogP contribution in [0.5, 0.6) is 0 Å². The maximum atomic E-state index is 11.1. The van der Waals surface area contributed by atoms with Gasteiger partial charge in [0.2, 0.25) is 5.91 Å². The average molecular weight is 367 g/mol. The number of hydrogen-bond acceptors (Lipinski definition) is 5. The first-order valence-corrected chi connectivity index (χ1v) is 10.0. The Kier molecular flexibility index (Phi) is 5.18. The van der Waals surface area contributed by atoms with E-state index in [1.807, 2.05) is 0 Å². The number of nitrogens with zero attached hydrogens (tertiary/aromatic N) is 3. The number of amides is 1. The number of nitrogens with two attached hydrogens (primary N) is 1. The molecule has 1 aliphatic carbocycles. The van der Waals surface area contributed by atoms with Crippen LogP contribution in [0.25, 0.3) is 0 Å². The summed E-state index contributed by atoms with van der Waals surface area (Å²) in [4.78, 5) is 15.7. The highest BCUT2D eigenvalue weighted by atomic mass is 16.1. The number of nitrogens with one attached hydrogen (secondary N) is 1. The predicted molar refractivity (Wildman–Crippen MR) is 104 cm³/mol. The number of hydrogen-bond donors (Lipinski definition) is 2. The minimum atomic E-state index is -0.291. The van der Waals surface area contributed by atoms with Crippen molar-refractivity contribution in [3.05, 3.63) is 35.9 Å². The molecule has 1 unspecified atom stereocenters. The zero-order valence-corrected chi connectivity index (χ0v) is 15.8. The van der Waals surface area contributed by atoms with Crippen molar-refractivity contribution in [1.29, 1.82) is 5.26 Å². The Hall–Kier alpha value is -1.94. The molecule has 3 fully saturated rings. The van der Waals surface area contributed by atoms with Gasteiger partial charge in [-0.05, 0) is 24.8 Å². The molecule has 3 N–H and O–H groups in total. The number of primary amides is 1. The second-order valence-corrected chi connectivity index (χ2v) is 8.46. The summed E-state index contributed by atoms with van der Waals surface area (Å²) >= 11 is 0. The maximum Gasteiger partial charge on any atom is 0.231 e. The predicted octanol–water partition coefficient (Wildman–Crippen LogP) is 1.05. The van der Waals surface area contributed by atoms with Crippen molar-refractivity contribution in [2.24, 2.45) is 5.73 Å². The first-order chi connectivity index (χ1) is 13.1. The number of likely N-dealkylation sites (tertiary alicyclic amines) is 2. The summed E-state index contributed by atoms with van der Waals surface area (Å²) in [5.74, 6) is 0.379. The minimum absolute atomic E-state index is 0.0820. The van der Waals surface area contributed by atoms with E-state index in [0.29, 0.717) is 31.0 Å². The maximum absolute atomic E-state index is 11.1. The smallest absolute Gasteiger partial charge is 0.231 e. The van der Waals surface area contributed by atoms with Gasteiger partial charge in [-0.15, -0.1) is 0 Å². The molecule has 2 saturated heterocycles. The molecule has 2 aliphatic heterocycles. The summed E-state index contributed by atoms with van der Waals surface area (Å²) in [5.41, 5.74) is 6.67. The van der Waals surface area contributed by atoms with Gasteiger partial charge >= 0.3 is 0 Å². The number of carbonyl (C=O) groups excluding carboxylic acids is 1. The van der Waals surface area contributed by atoms with E-state index in [4.69, 9.17) is 5.73 Å². The third-order valence-electron chi connectivity index (χ3n) is 6.46. The fraction of sp³-hybridized carbons (Fsp3) is 0.619. The van der Waals surface area contributed by atoms with Gasteiger partial charge in [0.15, 0.2) is 0 Å². The van der Waals surface area contributed by atoms with Crippen LogP contribution in [0, 0.1) is 11.3 Å². The van der Waals surface area contributed by atoms with Gasteiger partial charge < -0.3 is 11.1 Å². The van der Waals surface area contributed by atoms with Crippen LogP contribution in [0.2, 0.25) is 0 Å². The first-order valence-electron chi connectivity index (χ1n) is 10.0. The van der Waals surface area contributed by atoms with Gasteiger partial charge in [-0.1, -0.05) is 30.3 Å². The number of rotatable bonds is 7. The zero-order valence-electron chi connectivity index (χ0n) is 15.8. The van der Waals surface area contributed by atoms with Crippen molar-refractivity contribution in [3.63, 3.8) is 0 Å². The number of nitriles is 1. The van der Waals surface area contributed by atoms with E-state index in [1.54, 1.807) is 0 Å². The molecule has 2 heterocycles. The Bertz CT molecular complexity index is 701. The lowest BCUT2D eigenvalue weighted by Crippen LogP contribution is -2.72. The lowest BCUT2D eigenvalue weighted by Gasteiger charge is -2.56. The van der Waals surface area contributed by atoms with Crippen LogP contribution in [0.3, 0.4) is 0 Å². The molecule has 3 aliphatic rings. The molecule has 2 atom stereocenters. The van der Waals surface area contributed by atoms with E-state index in [0.717, 1.165) is 39.0 Å². The Balaban J connectivity index is 1.25. The largest absolute Gasteiger partial charge is 0.369 e. The average Bonchev–Trinajstić information content (AvgIpc) is 3.40. The van der Waals surface area contributed by atoms with Gasteiger partial charge in [0, 0.05) is 44.2 Å². The summed E-state index contributed by atoms with van der Waals surface area (Å²) in [6.45, 7) is 3.90. The molecule has 0 radical (unpaired) electrons. The lowest BCUT2D eigenvalue weighted by atomic mass is 9.82. The SMILES string of the molecule is N#CCC1(N2CCC(N[C@@H]3CC3c3ccccc3)CC2)CN(CC(N)=O)C1. The summed E-state index contributed by atoms with van der Waals surface area (Å²) in [7, 11) is 0. The Morgan fingerprint density at radius 3 is 2.59 bits per heavy atom. The van der Waals surface area contributed by atoms with Crippen molar-refractivity contribution in [3.8, 4) is 6.07 Å². The van der Waals surface area contributed by atoms with E-state index in [1.165, 1.54) is 12.0 Å². The molecule has 6 heteroatoms. The molecule has 1 aromatic rings. The standard InChI is InChI=1S/C21H29N5O/c22-9-8-21(14-25(15-21)13-20(23)27)26-10-6-17(7-11-26)24-19-12-18(19)16-4-2-1-3-5-16/h1-5,17-19,24H,6-8,10-15H2,(H2,23,27)/t18?,19-/m1/s1. The molecule has 1 amide bonds. The molecule has 0 bridgehead atoms. The first kappa shape index (κ1) is 18.4. The number of piperidine rings is 1. The normalized spacial score (nSPS) is 28.3. The van der Waals surface area contributed by atoms with Crippen LogP contribution in [0.15, 0.2) is 30.3 Å². The number of carbonyl (C=O) groups is 1. The molecule has 27 heavy (non-hydrogen) atoms. The molecule has 1 aromatic carbocycles. The van der Waals surface area contributed by atoms with E-state index in [-0.39, 0.29) is 11.4 Å². The molecular formula is C21H29N5O. The molecule has 1 saturated carbocycles. The van der Waals surface area contributed by atoms with Crippen molar-refractivity contribution < 1.29 is 4.79 Å². The van der Waals surface area contributed by atoms with Gasteiger partial charge in [0.1, 0.15) is 0 Å². The zero-order chi connectivity index (χ0) is 18.9. The molecule has 0 spiro atoms. The molecule has 4 rings (SSSR count). The second-order valence-electron chi connectivity index (χ2n) is 8.46. The van der Waals surface area contributed by atoms with E-state index in [2.05, 4.69) is 51.5 Å². The van der Waals surface area contributed by atoms with Gasteiger partial charge in [-0.2, -0.15) is 5.26 Å². The van der Waals surface area contributed by atoms with Crippen molar-refractivity contribution in [1.82, 2.24) is 15.1 Å². The fourth-order valence-corrected chi connectivity index (χ4v) is 4.96. The van der Waals surface area contributed by atoms with Crippen molar-refractivity contribution >= 4 is 5.91 Å². The quantitative estimate of drug-likeness (QED) is 0.752. The van der Waals surface area contributed by atoms with Crippen LogP contribution in [0.1, 0.15) is 37.2 Å². The molecule has 6 nitrogen and oxygen atoms in total. The second kappa shape index (κ2) is 7.59. The van der Waals surface area contributed by atoms with Gasteiger partial charge in [0.25, 0.3) is 0 Å². The van der Waals surface area contributed by atoms with Crippen LogP contribution >= 0.6 is 0 Å². The fourth-order valence-electron chi connectivity index (χ4n) is 4.96. The highest BCUT2D eigenvalue weighted by Crippen LogP contribution is 2.41. The topological polar surface area (TPSA) is 85.4 Å². The summed E-state index contributed by atoms with van der Waals surface area (Å²) < 4.78 is 0. The summed E-state index contributed by atoms with van der Waals surface area (Å²) in [6, 6.07) is 14.3. The number of benzene rings is 1. The van der Waals surface area contributed by atoms with Gasteiger partial charge in [-0.25, -0.2) is 0 Å². The lowest BCUT2D eigenvalue weighted by molar-refractivity contribution is -0.124.